The van der Waals surface area contributed by atoms with Crippen LogP contribution in [0.15, 0.2) is 51.9 Å². The number of hydrogen-bond donors (Lipinski definition) is 0. The van der Waals surface area contributed by atoms with E-state index in [4.69, 9.17) is 4.52 Å². The Bertz CT molecular complexity index is 1210. The molecule has 5 rings (SSSR count). The van der Waals surface area contributed by atoms with Crippen molar-refractivity contribution in [2.24, 2.45) is 5.92 Å². The number of fused-ring (bicyclic) bond motifs is 1. The molecule has 2 aromatic carbocycles. The lowest BCUT2D eigenvalue weighted by atomic mass is 9.90. The van der Waals surface area contributed by atoms with Gasteiger partial charge in [-0.15, -0.1) is 0 Å². The topological polar surface area (TPSA) is 66.7 Å². The summed E-state index contributed by atoms with van der Waals surface area (Å²) in [4.78, 5) is 2.88. The average Bonchev–Trinajstić information content (AvgIpc) is 3.23. The molecular formula is C25H30FN3O3S. The van der Waals surface area contributed by atoms with Crippen LogP contribution in [-0.2, 0) is 10.0 Å². The van der Waals surface area contributed by atoms with Gasteiger partial charge in [-0.25, -0.2) is 12.8 Å². The lowest BCUT2D eigenvalue weighted by Crippen LogP contribution is -2.43. The molecule has 0 amide bonds. The lowest BCUT2D eigenvalue weighted by Gasteiger charge is -2.37. The summed E-state index contributed by atoms with van der Waals surface area (Å²) in [6, 6.07) is 11.7. The van der Waals surface area contributed by atoms with Gasteiger partial charge in [0.1, 0.15) is 5.82 Å². The highest BCUT2D eigenvalue weighted by atomic mass is 32.2. The van der Waals surface area contributed by atoms with Crippen LogP contribution >= 0.6 is 0 Å². The molecule has 2 aliphatic rings. The minimum Gasteiger partial charge on any atom is -0.356 e. The Balaban J connectivity index is 1.13. The highest BCUT2D eigenvalue weighted by Gasteiger charge is 2.31. The van der Waals surface area contributed by atoms with Gasteiger partial charge in [-0.3, -0.25) is 0 Å². The van der Waals surface area contributed by atoms with Crippen molar-refractivity contribution in [3.05, 3.63) is 59.5 Å². The molecule has 0 atom stereocenters. The van der Waals surface area contributed by atoms with Crippen LogP contribution in [0, 0.1) is 18.7 Å². The largest absolute Gasteiger partial charge is 0.356 e. The fourth-order valence-corrected chi connectivity index (χ4v) is 6.64. The summed E-state index contributed by atoms with van der Waals surface area (Å²) in [5, 5.41) is 5.15. The van der Waals surface area contributed by atoms with Gasteiger partial charge in [0.15, 0.2) is 5.58 Å². The molecule has 0 N–H and O–H groups in total. The van der Waals surface area contributed by atoms with Crippen LogP contribution in [0.2, 0.25) is 0 Å². The van der Waals surface area contributed by atoms with Crippen LogP contribution < -0.4 is 0 Å². The van der Waals surface area contributed by atoms with Crippen molar-refractivity contribution in [2.75, 3.05) is 32.7 Å². The SMILES string of the molecule is Cc1ccc(S(=O)(=O)N2CCC(CN3CCC(c4noc5cc(F)ccc45)CC3)CC2)cc1. The monoisotopic (exact) mass is 471 g/mol. The fraction of sp³-hybridized carbons (Fsp3) is 0.480. The molecule has 176 valence electrons. The molecule has 0 radical (unpaired) electrons. The summed E-state index contributed by atoms with van der Waals surface area (Å²) in [5.74, 6) is 0.536. The maximum Gasteiger partial charge on any atom is 0.243 e. The van der Waals surface area contributed by atoms with Gasteiger partial charge in [0.25, 0.3) is 0 Å². The molecule has 0 spiro atoms. The minimum atomic E-state index is -3.41. The Morgan fingerprint density at radius 2 is 1.70 bits per heavy atom. The van der Waals surface area contributed by atoms with E-state index in [2.05, 4.69) is 10.1 Å². The Labute approximate surface area is 194 Å². The second-order valence-electron chi connectivity index (χ2n) is 9.44. The molecule has 0 aliphatic carbocycles. The van der Waals surface area contributed by atoms with Crippen molar-refractivity contribution in [2.45, 2.75) is 43.4 Å². The maximum atomic E-state index is 13.4. The van der Waals surface area contributed by atoms with Gasteiger partial charge in [-0.05, 0) is 75.9 Å². The first-order valence-electron chi connectivity index (χ1n) is 11.7. The Morgan fingerprint density at radius 1 is 1.00 bits per heavy atom. The molecule has 2 saturated heterocycles. The summed E-state index contributed by atoms with van der Waals surface area (Å²) < 4.78 is 46.3. The molecule has 0 unspecified atom stereocenters. The number of likely N-dealkylation sites (tertiary alicyclic amines) is 1. The predicted molar refractivity (Wildman–Crippen MR) is 125 cm³/mol. The molecule has 0 bridgehead atoms. The number of aromatic nitrogens is 1. The number of rotatable bonds is 5. The Morgan fingerprint density at radius 3 is 2.39 bits per heavy atom. The third-order valence-corrected chi connectivity index (χ3v) is 9.10. The summed E-state index contributed by atoms with van der Waals surface area (Å²) in [7, 11) is -3.41. The van der Waals surface area contributed by atoms with Crippen LogP contribution in [0.4, 0.5) is 4.39 Å². The van der Waals surface area contributed by atoms with E-state index in [1.54, 1.807) is 22.5 Å². The molecule has 3 aromatic rings. The highest BCUT2D eigenvalue weighted by molar-refractivity contribution is 7.89. The quantitative estimate of drug-likeness (QED) is 0.546. The highest BCUT2D eigenvalue weighted by Crippen LogP contribution is 2.33. The smallest absolute Gasteiger partial charge is 0.243 e. The summed E-state index contributed by atoms with van der Waals surface area (Å²) in [6.07, 6.45) is 3.79. The zero-order valence-electron chi connectivity index (χ0n) is 18.9. The Kier molecular flexibility index (Phi) is 6.24. The van der Waals surface area contributed by atoms with Crippen LogP contribution in [0.1, 0.15) is 42.9 Å². The van der Waals surface area contributed by atoms with Crippen molar-refractivity contribution in [1.29, 1.82) is 0 Å². The first-order valence-corrected chi connectivity index (χ1v) is 13.2. The van der Waals surface area contributed by atoms with Crippen molar-refractivity contribution in [1.82, 2.24) is 14.4 Å². The molecule has 2 fully saturated rings. The third kappa shape index (κ3) is 4.69. The number of hydrogen-bond acceptors (Lipinski definition) is 5. The molecule has 1 aromatic heterocycles. The first-order chi connectivity index (χ1) is 15.9. The summed E-state index contributed by atoms with van der Waals surface area (Å²) in [6.45, 7) is 6.11. The van der Waals surface area contributed by atoms with Crippen LogP contribution in [0.25, 0.3) is 11.0 Å². The number of nitrogens with zero attached hydrogens (tertiary/aromatic N) is 3. The zero-order valence-corrected chi connectivity index (χ0v) is 19.7. The fourth-order valence-electron chi connectivity index (χ4n) is 5.17. The predicted octanol–water partition coefficient (Wildman–Crippen LogP) is 4.56. The molecule has 33 heavy (non-hydrogen) atoms. The Hall–Kier alpha value is -2.29. The number of sulfonamides is 1. The molecular weight excluding hydrogens is 441 g/mol. The minimum absolute atomic E-state index is 0.308. The number of aryl methyl sites for hydroxylation is 1. The second kappa shape index (κ2) is 9.16. The van der Waals surface area contributed by atoms with Gasteiger partial charge in [-0.1, -0.05) is 22.9 Å². The number of benzene rings is 2. The summed E-state index contributed by atoms with van der Waals surface area (Å²) in [5.41, 5.74) is 2.51. The number of piperidine rings is 2. The molecule has 0 saturated carbocycles. The van der Waals surface area contributed by atoms with E-state index in [1.807, 2.05) is 19.1 Å². The van der Waals surface area contributed by atoms with Gasteiger partial charge < -0.3 is 9.42 Å². The average molecular weight is 472 g/mol. The van der Waals surface area contributed by atoms with Gasteiger partial charge in [0.05, 0.1) is 10.6 Å². The summed E-state index contributed by atoms with van der Waals surface area (Å²) >= 11 is 0. The van der Waals surface area contributed by atoms with E-state index in [9.17, 15) is 12.8 Å². The van der Waals surface area contributed by atoms with Crippen molar-refractivity contribution < 1.29 is 17.3 Å². The normalized spacial score (nSPS) is 19.9. The third-order valence-electron chi connectivity index (χ3n) is 7.18. The van der Waals surface area contributed by atoms with Crippen LogP contribution in [0.3, 0.4) is 0 Å². The van der Waals surface area contributed by atoms with E-state index < -0.39 is 10.0 Å². The molecule has 6 nitrogen and oxygen atoms in total. The molecule has 3 heterocycles. The maximum absolute atomic E-state index is 13.4. The number of halogens is 1. The van der Waals surface area contributed by atoms with Gasteiger partial charge >= 0.3 is 0 Å². The van der Waals surface area contributed by atoms with E-state index in [0.29, 0.717) is 35.4 Å². The first kappa shape index (κ1) is 22.5. The van der Waals surface area contributed by atoms with Crippen LogP contribution in [-0.4, -0.2) is 55.5 Å². The van der Waals surface area contributed by atoms with E-state index in [-0.39, 0.29) is 5.82 Å². The van der Waals surface area contributed by atoms with Crippen molar-refractivity contribution >= 4 is 21.0 Å². The van der Waals surface area contributed by atoms with Gasteiger partial charge in [0, 0.05) is 37.0 Å². The van der Waals surface area contributed by atoms with E-state index in [0.717, 1.165) is 62.0 Å². The van der Waals surface area contributed by atoms with Crippen molar-refractivity contribution in [3.8, 4) is 0 Å². The molecule has 2 aliphatic heterocycles. The lowest BCUT2D eigenvalue weighted by molar-refractivity contribution is 0.152. The van der Waals surface area contributed by atoms with Crippen molar-refractivity contribution in [3.63, 3.8) is 0 Å². The second-order valence-corrected chi connectivity index (χ2v) is 11.4. The zero-order chi connectivity index (χ0) is 23.0. The van der Waals surface area contributed by atoms with E-state index >= 15 is 0 Å². The van der Waals surface area contributed by atoms with Gasteiger partial charge in [0.2, 0.25) is 10.0 Å². The van der Waals surface area contributed by atoms with Crippen LogP contribution in [0.5, 0.6) is 0 Å². The van der Waals surface area contributed by atoms with Gasteiger partial charge in [-0.2, -0.15) is 4.31 Å². The standard InChI is InChI=1S/C25H30FN3O3S/c1-18-2-5-22(6-3-18)33(30,31)29-14-8-19(9-15-29)17-28-12-10-20(11-13-28)25-23-7-4-21(26)16-24(23)32-27-25/h2-7,16,19-20H,8-15,17H2,1H3. The molecule has 8 heteroatoms. The van der Waals surface area contributed by atoms with E-state index in [1.165, 1.54) is 12.1 Å².